The van der Waals surface area contributed by atoms with Gasteiger partial charge in [0.2, 0.25) is 0 Å². The van der Waals surface area contributed by atoms with E-state index in [0.29, 0.717) is 16.5 Å². The second-order valence-corrected chi connectivity index (χ2v) is 4.33. The van der Waals surface area contributed by atoms with Crippen LogP contribution in [0.3, 0.4) is 0 Å². The van der Waals surface area contributed by atoms with Crippen LogP contribution in [0.25, 0.3) is 0 Å². The Morgan fingerprint density at radius 1 is 1.50 bits per heavy atom. The van der Waals surface area contributed by atoms with Gasteiger partial charge in [-0.2, -0.15) is 0 Å². The number of nitrogens with two attached hydrogens (primary N) is 1. The summed E-state index contributed by atoms with van der Waals surface area (Å²) >= 11 is 7.24. The van der Waals surface area contributed by atoms with E-state index >= 15 is 0 Å². The lowest BCUT2D eigenvalue weighted by molar-refractivity contribution is 0.113. The SMILES string of the molecule is Nc1ccc(SCC(O)CO)cc1Cl. The first-order valence-electron chi connectivity index (χ1n) is 4.10. The number of thioether (sulfide) groups is 1. The first-order valence-corrected chi connectivity index (χ1v) is 5.46. The number of nitrogen functional groups attached to an aromatic ring is 1. The molecule has 0 aliphatic rings. The average molecular weight is 234 g/mol. The standard InChI is InChI=1S/C9H12ClNO2S/c10-8-3-7(1-2-9(8)11)14-5-6(13)4-12/h1-3,6,12-13H,4-5,11H2. The fraction of sp³-hybridized carbons (Fsp3) is 0.333. The van der Waals surface area contributed by atoms with E-state index in [-0.39, 0.29) is 6.61 Å². The van der Waals surface area contributed by atoms with E-state index in [2.05, 4.69) is 0 Å². The molecular formula is C9H12ClNO2S. The largest absolute Gasteiger partial charge is 0.398 e. The zero-order chi connectivity index (χ0) is 10.6. The van der Waals surface area contributed by atoms with Crippen molar-refractivity contribution in [3.8, 4) is 0 Å². The van der Waals surface area contributed by atoms with E-state index in [9.17, 15) is 0 Å². The van der Waals surface area contributed by atoms with Gasteiger partial charge in [-0.3, -0.25) is 0 Å². The van der Waals surface area contributed by atoms with Crippen molar-refractivity contribution in [2.45, 2.75) is 11.0 Å². The molecule has 1 aromatic rings. The van der Waals surface area contributed by atoms with Crippen LogP contribution in [0.15, 0.2) is 23.1 Å². The monoisotopic (exact) mass is 233 g/mol. The Balaban J connectivity index is 2.55. The molecule has 0 amide bonds. The molecule has 1 rings (SSSR count). The fourth-order valence-corrected chi connectivity index (χ4v) is 1.94. The maximum absolute atomic E-state index is 9.11. The Morgan fingerprint density at radius 3 is 2.79 bits per heavy atom. The number of aliphatic hydroxyl groups is 2. The lowest BCUT2D eigenvalue weighted by Crippen LogP contribution is -2.14. The van der Waals surface area contributed by atoms with Crippen LogP contribution in [0, 0.1) is 0 Å². The molecule has 3 nitrogen and oxygen atoms in total. The highest BCUT2D eigenvalue weighted by atomic mass is 35.5. The summed E-state index contributed by atoms with van der Waals surface area (Å²) < 4.78 is 0. The van der Waals surface area contributed by atoms with E-state index in [4.69, 9.17) is 27.5 Å². The van der Waals surface area contributed by atoms with Gasteiger partial charge in [0, 0.05) is 10.6 Å². The molecule has 1 aromatic carbocycles. The topological polar surface area (TPSA) is 66.5 Å². The highest BCUT2D eigenvalue weighted by Gasteiger charge is 2.04. The van der Waals surface area contributed by atoms with Gasteiger partial charge in [-0.25, -0.2) is 0 Å². The average Bonchev–Trinajstić information content (AvgIpc) is 2.19. The van der Waals surface area contributed by atoms with Gasteiger partial charge in [-0.15, -0.1) is 11.8 Å². The summed E-state index contributed by atoms with van der Waals surface area (Å²) in [6.07, 6.45) is -0.698. The Bertz CT molecular complexity index is 309. The summed E-state index contributed by atoms with van der Waals surface area (Å²) in [4.78, 5) is 0.928. The number of benzene rings is 1. The highest BCUT2D eigenvalue weighted by molar-refractivity contribution is 7.99. The summed E-state index contributed by atoms with van der Waals surface area (Å²) in [6.45, 7) is -0.226. The van der Waals surface area contributed by atoms with E-state index in [1.165, 1.54) is 11.8 Å². The molecule has 0 saturated heterocycles. The molecule has 0 aliphatic heterocycles. The first-order chi connectivity index (χ1) is 6.63. The van der Waals surface area contributed by atoms with Gasteiger partial charge < -0.3 is 15.9 Å². The van der Waals surface area contributed by atoms with Crippen LogP contribution in [0.2, 0.25) is 5.02 Å². The molecule has 0 spiro atoms. The molecular weight excluding hydrogens is 222 g/mol. The molecule has 0 aliphatic carbocycles. The van der Waals surface area contributed by atoms with E-state index in [1.54, 1.807) is 12.1 Å². The van der Waals surface area contributed by atoms with Gasteiger partial charge in [-0.1, -0.05) is 11.6 Å². The molecule has 78 valence electrons. The van der Waals surface area contributed by atoms with E-state index in [0.717, 1.165) is 4.90 Å². The smallest absolute Gasteiger partial charge is 0.0864 e. The molecule has 1 atom stereocenters. The Morgan fingerprint density at radius 2 is 2.21 bits per heavy atom. The minimum atomic E-state index is -0.698. The van der Waals surface area contributed by atoms with Gasteiger partial charge in [0.05, 0.1) is 23.4 Å². The van der Waals surface area contributed by atoms with Crippen molar-refractivity contribution >= 4 is 29.1 Å². The Labute approximate surface area is 91.9 Å². The fourth-order valence-electron chi connectivity index (χ4n) is 0.843. The van der Waals surface area contributed by atoms with Crippen molar-refractivity contribution in [2.75, 3.05) is 18.1 Å². The van der Waals surface area contributed by atoms with Crippen molar-refractivity contribution in [3.63, 3.8) is 0 Å². The van der Waals surface area contributed by atoms with Crippen LogP contribution < -0.4 is 5.73 Å². The molecule has 0 heterocycles. The third kappa shape index (κ3) is 3.38. The van der Waals surface area contributed by atoms with Crippen LogP contribution >= 0.6 is 23.4 Å². The summed E-state index contributed by atoms with van der Waals surface area (Å²) in [5.74, 6) is 0.441. The number of aliphatic hydroxyl groups excluding tert-OH is 2. The van der Waals surface area contributed by atoms with Crippen LogP contribution in [-0.2, 0) is 0 Å². The first kappa shape index (κ1) is 11.7. The Hall–Kier alpha value is -0.420. The molecule has 0 bridgehead atoms. The minimum absolute atomic E-state index is 0.226. The summed E-state index contributed by atoms with van der Waals surface area (Å²) in [7, 11) is 0. The van der Waals surface area contributed by atoms with Gasteiger partial charge in [-0.05, 0) is 18.2 Å². The van der Waals surface area contributed by atoms with Gasteiger partial charge in [0.25, 0.3) is 0 Å². The van der Waals surface area contributed by atoms with E-state index < -0.39 is 6.10 Å². The van der Waals surface area contributed by atoms with Crippen molar-refractivity contribution in [1.82, 2.24) is 0 Å². The second kappa shape index (κ2) is 5.46. The van der Waals surface area contributed by atoms with Crippen LogP contribution in [0.4, 0.5) is 5.69 Å². The number of rotatable bonds is 4. The number of anilines is 1. The van der Waals surface area contributed by atoms with Crippen molar-refractivity contribution < 1.29 is 10.2 Å². The van der Waals surface area contributed by atoms with Crippen molar-refractivity contribution in [1.29, 1.82) is 0 Å². The van der Waals surface area contributed by atoms with Crippen LogP contribution in [0.5, 0.6) is 0 Å². The normalized spacial score (nSPS) is 12.8. The molecule has 0 radical (unpaired) electrons. The quantitative estimate of drug-likeness (QED) is 0.543. The molecule has 0 fully saturated rings. The number of hydrogen-bond acceptors (Lipinski definition) is 4. The lowest BCUT2D eigenvalue weighted by atomic mass is 10.3. The Kier molecular flexibility index (Phi) is 4.54. The van der Waals surface area contributed by atoms with Crippen LogP contribution in [-0.4, -0.2) is 28.7 Å². The predicted molar refractivity (Wildman–Crippen MR) is 59.7 cm³/mol. The summed E-state index contributed by atoms with van der Waals surface area (Å²) in [5, 5.41) is 18.2. The maximum Gasteiger partial charge on any atom is 0.0864 e. The summed E-state index contributed by atoms with van der Waals surface area (Å²) in [6, 6.07) is 5.29. The molecule has 0 saturated carbocycles. The lowest BCUT2D eigenvalue weighted by Gasteiger charge is -2.07. The zero-order valence-electron chi connectivity index (χ0n) is 7.48. The van der Waals surface area contributed by atoms with Gasteiger partial charge in [0.1, 0.15) is 0 Å². The molecule has 14 heavy (non-hydrogen) atoms. The third-order valence-corrected chi connectivity index (χ3v) is 3.09. The van der Waals surface area contributed by atoms with Gasteiger partial charge >= 0.3 is 0 Å². The molecule has 4 N–H and O–H groups in total. The number of hydrogen-bond donors (Lipinski definition) is 3. The van der Waals surface area contributed by atoms with Crippen LogP contribution in [0.1, 0.15) is 0 Å². The van der Waals surface area contributed by atoms with Crippen molar-refractivity contribution in [3.05, 3.63) is 23.2 Å². The molecule has 5 heteroatoms. The third-order valence-electron chi connectivity index (χ3n) is 1.63. The molecule has 0 aromatic heterocycles. The predicted octanol–water partition coefficient (Wildman–Crippen LogP) is 1.37. The molecule has 1 unspecified atom stereocenters. The summed E-state index contributed by atoms with van der Waals surface area (Å²) in [5.41, 5.74) is 6.08. The zero-order valence-corrected chi connectivity index (χ0v) is 9.05. The van der Waals surface area contributed by atoms with Gasteiger partial charge in [0.15, 0.2) is 0 Å². The second-order valence-electron chi connectivity index (χ2n) is 2.83. The van der Waals surface area contributed by atoms with E-state index in [1.807, 2.05) is 6.07 Å². The minimum Gasteiger partial charge on any atom is -0.398 e. The highest BCUT2D eigenvalue weighted by Crippen LogP contribution is 2.26. The number of halogens is 1. The maximum atomic E-state index is 9.11. The van der Waals surface area contributed by atoms with Crippen molar-refractivity contribution in [2.24, 2.45) is 0 Å².